The van der Waals surface area contributed by atoms with Crippen LogP contribution in [0.25, 0.3) is 0 Å². The van der Waals surface area contributed by atoms with Crippen molar-refractivity contribution in [2.24, 2.45) is 5.73 Å². The van der Waals surface area contributed by atoms with E-state index in [4.69, 9.17) is 15.2 Å². The highest BCUT2D eigenvalue weighted by Gasteiger charge is 2.03. The maximum absolute atomic E-state index is 10.5. The molecule has 1 aromatic carbocycles. The SMILES string of the molecule is COc1ccc(OCCC(N)=O)c(Br)c1. The molecular weight excluding hydrogens is 262 g/mol. The maximum Gasteiger partial charge on any atom is 0.220 e. The van der Waals surface area contributed by atoms with Gasteiger partial charge in [0, 0.05) is 0 Å². The summed E-state index contributed by atoms with van der Waals surface area (Å²) in [6.07, 6.45) is 0.207. The monoisotopic (exact) mass is 273 g/mol. The third kappa shape index (κ3) is 3.79. The minimum absolute atomic E-state index is 0.207. The summed E-state index contributed by atoms with van der Waals surface area (Å²) in [6, 6.07) is 5.34. The predicted octanol–water partition coefficient (Wildman–Crippen LogP) is 1.71. The standard InChI is InChI=1S/C10H12BrNO3/c1-14-7-2-3-9(8(11)6-7)15-5-4-10(12)13/h2-3,6H,4-5H2,1H3,(H2,12,13). The Kier molecular flexibility index (Phi) is 4.42. The van der Waals surface area contributed by atoms with Crippen LogP contribution in [0.1, 0.15) is 6.42 Å². The topological polar surface area (TPSA) is 61.6 Å². The third-order valence-corrected chi connectivity index (χ3v) is 2.36. The molecule has 5 heteroatoms. The smallest absolute Gasteiger partial charge is 0.220 e. The van der Waals surface area contributed by atoms with Crippen LogP contribution in [0.15, 0.2) is 22.7 Å². The van der Waals surface area contributed by atoms with Crippen molar-refractivity contribution in [3.8, 4) is 11.5 Å². The number of halogens is 1. The van der Waals surface area contributed by atoms with Crippen molar-refractivity contribution >= 4 is 21.8 Å². The first kappa shape index (κ1) is 11.8. The van der Waals surface area contributed by atoms with Crippen molar-refractivity contribution in [1.29, 1.82) is 0 Å². The summed E-state index contributed by atoms with van der Waals surface area (Å²) >= 11 is 3.33. The summed E-state index contributed by atoms with van der Waals surface area (Å²) in [4.78, 5) is 10.5. The first-order valence-corrected chi connectivity index (χ1v) is 5.17. The summed E-state index contributed by atoms with van der Waals surface area (Å²) in [5.41, 5.74) is 4.99. The number of nitrogens with two attached hydrogens (primary N) is 1. The molecule has 15 heavy (non-hydrogen) atoms. The Balaban J connectivity index is 2.58. The van der Waals surface area contributed by atoms with Crippen LogP contribution in [-0.4, -0.2) is 19.6 Å². The first-order chi connectivity index (χ1) is 7.13. The lowest BCUT2D eigenvalue weighted by Crippen LogP contribution is -2.14. The molecule has 1 amide bonds. The Bertz CT molecular complexity index is 355. The molecule has 0 unspecified atom stereocenters. The maximum atomic E-state index is 10.5. The average molecular weight is 274 g/mol. The zero-order valence-corrected chi connectivity index (χ0v) is 9.91. The van der Waals surface area contributed by atoms with Crippen molar-refractivity contribution < 1.29 is 14.3 Å². The van der Waals surface area contributed by atoms with Gasteiger partial charge in [-0.05, 0) is 34.1 Å². The Labute approximate surface area is 96.5 Å². The van der Waals surface area contributed by atoms with Gasteiger partial charge in [0.1, 0.15) is 11.5 Å². The number of carbonyl (C=O) groups is 1. The fourth-order valence-corrected chi connectivity index (χ4v) is 1.46. The van der Waals surface area contributed by atoms with Crippen LogP contribution in [0.4, 0.5) is 0 Å². The molecule has 2 N–H and O–H groups in total. The number of methoxy groups -OCH3 is 1. The molecule has 0 spiro atoms. The second kappa shape index (κ2) is 5.60. The largest absolute Gasteiger partial charge is 0.497 e. The molecule has 0 saturated heterocycles. The number of hydrogen-bond donors (Lipinski definition) is 1. The fraction of sp³-hybridized carbons (Fsp3) is 0.300. The zero-order chi connectivity index (χ0) is 11.3. The van der Waals surface area contributed by atoms with E-state index in [1.807, 2.05) is 0 Å². The molecule has 1 aromatic rings. The molecule has 1 rings (SSSR count). The zero-order valence-electron chi connectivity index (χ0n) is 8.33. The number of hydrogen-bond acceptors (Lipinski definition) is 3. The number of ether oxygens (including phenoxy) is 2. The molecule has 0 aliphatic rings. The van der Waals surface area contributed by atoms with Crippen molar-refractivity contribution in [3.05, 3.63) is 22.7 Å². The van der Waals surface area contributed by atoms with E-state index in [1.165, 1.54) is 0 Å². The number of amides is 1. The van der Waals surface area contributed by atoms with Gasteiger partial charge < -0.3 is 15.2 Å². The molecule has 0 aliphatic carbocycles. The summed E-state index contributed by atoms with van der Waals surface area (Å²) in [5.74, 6) is 1.03. The number of benzene rings is 1. The van der Waals surface area contributed by atoms with Gasteiger partial charge in [0.05, 0.1) is 24.6 Å². The van der Waals surface area contributed by atoms with Crippen LogP contribution >= 0.6 is 15.9 Å². The van der Waals surface area contributed by atoms with Crippen LogP contribution in [0.2, 0.25) is 0 Å². The number of primary amides is 1. The minimum Gasteiger partial charge on any atom is -0.497 e. The normalized spacial score (nSPS) is 9.73. The van der Waals surface area contributed by atoms with Crippen LogP contribution in [0.3, 0.4) is 0 Å². The second-order valence-electron chi connectivity index (χ2n) is 2.86. The van der Waals surface area contributed by atoms with Gasteiger partial charge in [0.25, 0.3) is 0 Å². The molecule has 0 saturated carbocycles. The van der Waals surface area contributed by atoms with Gasteiger partial charge in [-0.15, -0.1) is 0 Å². The van der Waals surface area contributed by atoms with E-state index in [1.54, 1.807) is 25.3 Å². The van der Waals surface area contributed by atoms with E-state index < -0.39 is 0 Å². The lowest BCUT2D eigenvalue weighted by atomic mass is 10.3. The molecule has 0 heterocycles. The molecule has 0 aromatic heterocycles. The van der Waals surface area contributed by atoms with E-state index in [-0.39, 0.29) is 18.9 Å². The van der Waals surface area contributed by atoms with E-state index >= 15 is 0 Å². The second-order valence-corrected chi connectivity index (χ2v) is 3.72. The van der Waals surface area contributed by atoms with Crippen molar-refractivity contribution in [3.63, 3.8) is 0 Å². The molecule has 0 bridgehead atoms. The highest BCUT2D eigenvalue weighted by atomic mass is 79.9. The minimum atomic E-state index is -0.375. The highest BCUT2D eigenvalue weighted by molar-refractivity contribution is 9.10. The van der Waals surface area contributed by atoms with Crippen molar-refractivity contribution in [2.75, 3.05) is 13.7 Å². The summed E-state index contributed by atoms with van der Waals surface area (Å²) < 4.78 is 11.2. The molecule has 0 atom stereocenters. The first-order valence-electron chi connectivity index (χ1n) is 4.38. The van der Waals surface area contributed by atoms with E-state index in [0.717, 1.165) is 10.2 Å². The van der Waals surface area contributed by atoms with Gasteiger partial charge in [-0.3, -0.25) is 4.79 Å². The predicted molar refractivity (Wildman–Crippen MR) is 60.0 cm³/mol. The van der Waals surface area contributed by atoms with E-state index in [0.29, 0.717) is 5.75 Å². The lowest BCUT2D eigenvalue weighted by Gasteiger charge is -2.08. The Morgan fingerprint density at radius 3 is 2.80 bits per heavy atom. The molecule has 0 fully saturated rings. The Morgan fingerprint density at radius 2 is 2.27 bits per heavy atom. The van der Waals surface area contributed by atoms with Crippen LogP contribution in [0.5, 0.6) is 11.5 Å². The van der Waals surface area contributed by atoms with Crippen LogP contribution in [-0.2, 0) is 4.79 Å². The van der Waals surface area contributed by atoms with Crippen LogP contribution < -0.4 is 15.2 Å². The average Bonchev–Trinajstić information content (AvgIpc) is 2.20. The Hall–Kier alpha value is -1.23. The highest BCUT2D eigenvalue weighted by Crippen LogP contribution is 2.29. The van der Waals surface area contributed by atoms with Gasteiger partial charge in [0.15, 0.2) is 0 Å². The molecule has 82 valence electrons. The van der Waals surface area contributed by atoms with Crippen molar-refractivity contribution in [2.45, 2.75) is 6.42 Å². The van der Waals surface area contributed by atoms with Crippen LogP contribution in [0, 0.1) is 0 Å². The summed E-state index contributed by atoms with van der Waals surface area (Å²) in [7, 11) is 1.59. The van der Waals surface area contributed by atoms with E-state index in [9.17, 15) is 4.79 Å². The number of carbonyl (C=O) groups excluding carboxylic acids is 1. The third-order valence-electron chi connectivity index (χ3n) is 1.75. The number of rotatable bonds is 5. The lowest BCUT2D eigenvalue weighted by molar-refractivity contribution is -0.118. The fourth-order valence-electron chi connectivity index (χ4n) is 0.987. The molecule has 4 nitrogen and oxygen atoms in total. The van der Waals surface area contributed by atoms with E-state index in [2.05, 4.69) is 15.9 Å². The summed E-state index contributed by atoms with van der Waals surface area (Å²) in [5, 5.41) is 0. The van der Waals surface area contributed by atoms with Crippen molar-refractivity contribution in [1.82, 2.24) is 0 Å². The van der Waals surface area contributed by atoms with Gasteiger partial charge in [-0.1, -0.05) is 0 Å². The molecule has 0 radical (unpaired) electrons. The van der Waals surface area contributed by atoms with Gasteiger partial charge in [-0.25, -0.2) is 0 Å². The molecular formula is C10H12BrNO3. The summed E-state index contributed by atoms with van der Waals surface area (Å²) in [6.45, 7) is 0.278. The quantitative estimate of drug-likeness (QED) is 0.889. The Morgan fingerprint density at radius 1 is 1.53 bits per heavy atom. The molecule has 0 aliphatic heterocycles. The van der Waals surface area contributed by atoms with Gasteiger partial charge in [-0.2, -0.15) is 0 Å². The van der Waals surface area contributed by atoms with Gasteiger partial charge in [0.2, 0.25) is 5.91 Å². The van der Waals surface area contributed by atoms with Gasteiger partial charge >= 0.3 is 0 Å².